The van der Waals surface area contributed by atoms with Gasteiger partial charge in [-0.25, -0.2) is 0 Å². The monoisotopic (exact) mass is 393 g/mol. The predicted octanol–water partition coefficient (Wildman–Crippen LogP) is 2.06. The molecule has 0 bridgehead atoms. The van der Waals surface area contributed by atoms with Gasteiger partial charge in [-0.15, -0.1) is 0 Å². The normalized spacial score (nSPS) is 11.6. The third-order valence-corrected chi connectivity index (χ3v) is 4.48. The van der Waals surface area contributed by atoms with Crippen LogP contribution in [0.15, 0.2) is 36.4 Å². The van der Waals surface area contributed by atoms with Crippen LogP contribution < -0.4 is 24.4 Å². The Morgan fingerprint density at radius 3 is 2.30 bits per heavy atom. The van der Waals surface area contributed by atoms with Gasteiger partial charge in [0.2, 0.25) is 0 Å². The van der Waals surface area contributed by atoms with Crippen LogP contribution in [0, 0.1) is 0 Å². The molecule has 0 aliphatic carbocycles. The lowest BCUT2D eigenvalue weighted by Crippen LogP contribution is -3.10. The number of nitrogens with one attached hydrogen (secondary N) is 2. The number of halogens is 1. The molecule has 2 rings (SSSR count). The molecule has 0 aliphatic rings. The van der Waals surface area contributed by atoms with E-state index < -0.39 is 0 Å². The van der Waals surface area contributed by atoms with E-state index in [4.69, 9.17) is 25.8 Å². The fourth-order valence-corrected chi connectivity index (χ4v) is 2.96. The van der Waals surface area contributed by atoms with Gasteiger partial charge in [0.1, 0.15) is 5.75 Å². The first kappa shape index (κ1) is 20.9. The number of quaternary nitrogens is 1. The molecule has 2 N–H and O–H groups in total. The third-order valence-electron chi connectivity index (χ3n) is 4.19. The number of carbonyl (C=O) groups is 1. The summed E-state index contributed by atoms with van der Waals surface area (Å²) in [7, 11) is 6.77. The highest BCUT2D eigenvalue weighted by Crippen LogP contribution is 2.28. The Bertz CT molecular complexity index is 783. The lowest BCUT2D eigenvalue weighted by Gasteiger charge is -2.15. The van der Waals surface area contributed by atoms with E-state index in [9.17, 15) is 4.79 Å². The second-order valence-electron chi connectivity index (χ2n) is 6.22. The van der Waals surface area contributed by atoms with Gasteiger partial charge < -0.3 is 24.4 Å². The van der Waals surface area contributed by atoms with Crippen LogP contribution in [0.2, 0.25) is 5.02 Å². The molecular weight excluding hydrogens is 368 g/mol. The molecule has 0 spiro atoms. The van der Waals surface area contributed by atoms with Crippen molar-refractivity contribution in [2.24, 2.45) is 0 Å². The van der Waals surface area contributed by atoms with Crippen molar-refractivity contribution >= 4 is 23.2 Å². The van der Waals surface area contributed by atoms with Gasteiger partial charge in [-0.05, 0) is 35.9 Å². The molecule has 0 aromatic heterocycles. The molecule has 0 radical (unpaired) electrons. The van der Waals surface area contributed by atoms with Gasteiger partial charge in [-0.2, -0.15) is 0 Å². The Hall–Kier alpha value is -2.44. The minimum atomic E-state index is -0.0685. The maximum absolute atomic E-state index is 12.2. The standard InChI is InChI=1S/C20H25ClN2O4/c1-23(10-9-14-5-7-18(26-3)19(11-14)27-4)13-20(24)22-15-6-8-17(25-2)16(21)12-15/h5-8,11-12H,9-10,13H2,1-4H3,(H,22,24)/p+1. The van der Waals surface area contributed by atoms with Crippen LogP contribution in [0.3, 0.4) is 0 Å². The zero-order valence-electron chi connectivity index (χ0n) is 16.1. The van der Waals surface area contributed by atoms with Crippen molar-refractivity contribution in [3.63, 3.8) is 0 Å². The Balaban J connectivity index is 1.85. The van der Waals surface area contributed by atoms with Crippen molar-refractivity contribution in [2.45, 2.75) is 6.42 Å². The molecule has 1 atom stereocenters. The lowest BCUT2D eigenvalue weighted by molar-refractivity contribution is -0.870. The van der Waals surface area contributed by atoms with E-state index in [1.165, 1.54) is 0 Å². The van der Waals surface area contributed by atoms with E-state index in [-0.39, 0.29) is 5.91 Å². The van der Waals surface area contributed by atoms with Gasteiger partial charge in [0.05, 0.1) is 39.9 Å². The van der Waals surface area contributed by atoms with E-state index in [1.807, 2.05) is 25.2 Å². The van der Waals surface area contributed by atoms with Crippen LogP contribution in [0.4, 0.5) is 5.69 Å². The number of likely N-dealkylation sites (N-methyl/N-ethyl adjacent to an activating group) is 1. The van der Waals surface area contributed by atoms with Gasteiger partial charge >= 0.3 is 0 Å². The molecule has 0 heterocycles. The smallest absolute Gasteiger partial charge is 0.279 e. The molecule has 0 fully saturated rings. The van der Waals surface area contributed by atoms with Gasteiger partial charge in [0.15, 0.2) is 18.0 Å². The molecular formula is C20H26ClN2O4+. The number of methoxy groups -OCH3 is 3. The predicted molar refractivity (Wildman–Crippen MR) is 107 cm³/mol. The summed E-state index contributed by atoms with van der Waals surface area (Å²) in [6, 6.07) is 11.0. The number of amides is 1. The first-order valence-corrected chi connectivity index (χ1v) is 9.00. The first-order chi connectivity index (χ1) is 13.0. The largest absolute Gasteiger partial charge is 0.495 e. The number of ether oxygens (including phenoxy) is 3. The summed E-state index contributed by atoms with van der Waals surface area (Å²) in [4.78, 5) is 13.3. The van der Waals surface area contributed by atoms with Crippen molar-refractivity contribution in [3.05, 3.63) is 47.0 Å². The lowest BCUT2D eigenvalue weighted by atomic mass is 10.1. The summed E-state index contributed by atoms with van der Waals surface area (Å²) in [6.07, 6.45) is 0.827. The van der Waals surface area contributed by atoms with Crippen LogP contribution in [-0.4, -0.2) is 47.4 Å². The van der Waals surface area contributed by atoms with E-state index in [1.54, 1.807) is 39.5 Å². The zero-order chi connectivity index (χ0) is 19.8. The first-order valence-electron chi connectivity index (χ1n) is 8.62. The van der Waals surface area contributed by atoms with E-state index in [2.05, 4.69) is 5.32 Å². The second kappa shape index (κ2) is 10.0. The molecule has 6 nitrogen and oxygen atoms in total. The highest BCUT2D eigenvalue weighted by atomic mass is 35.5. The highest BCUT2D eigenvalue weighted by Gasteiger charge is 2.12. The van der Waals surface area contributed by atoms with Crippen molar-refractivity contribution in [1.82, 2.24) is 0 Å². The number of hydrogen-bond donors (Lipinski definition) is 2. The Labute approximate surface area is 165 Å². The summed E-state index contributed by atoms with van der Waals surface area (Å²) in [5.74, 6) is 1.93. The molecule has 27 heavy (non-hydrogen) atoms. The van der Waals surface area contributed by atoms with Gasteiger partial charge in [-0.3, -0.25) is 4.79 Å². The minimum Gasteiger partial charge on any atom is -0.495 e. The molecule has 1 amide bonds. The van der Waals surface area contributed by atoms with Crippen molar-refractivity contribution < 1.29 is 23.9 Å². The number of benzene rings is 2. The molecule has 7 heteroatoms. The Morgan fingerprint density at radius 1 is 1.00 bits per heavy atom. The summed E-state index contributed by atoms with van der Waals surface area (Å²) in [5.41, 5.74) is 1.79. The topological polar surface area (TPSA) is 61.2 Å². The molecule has 0 aliphatic heterocycles. The summed E-state index contributed by atoms with van der Waals surface area (Å²) < 4.78 is 15.7. The maximum atomic E-state index is 12.2. The third kappa shape index (κ3) is 6.05. The van der Waals surface area contributed by atoms with Crippen molar-refractivity contribution in [2.75, 3.05) is 46.8 Å². The van der Waals surface area contributed by atoms with Gasteiger partial charge in [0, 0.05) is 12.1 Å². The Kier molecular flexibility index (Phi) is 7.76. The number of rotatable bonds is 9. The number of hydrogen-bond acceptors (Lipinski definition) is 4. The average Bonchev–Trinajstić information content (AvgIpc) is 2.66. The molecule has 1 unspecified atom stereocenters. The molecule has 0 saturated carbocycles. The quantitative estimate of drug-likeness (QED) is 0.684. The number of anilines is 1. The summed E-state index contributed by atoms with van der Waals surface area (Å²) in [6.45, 7) is 1.17. The Morgan fingerprint density at radius 2 is 1.67 bits per heavy atom. The van der Waals surface area contributed by atoms with Crippen LogP contribution in [-0.2, 0) is 11.2 Å². The summed E-state index contributed by atoms with van der Waals surface area (Å²) in [5, 5.41) is 3.32. The minimum absolute atomic E-state index is 0.0685. The summed E-state index contributed by atoms with van der Waals surface area (Å²) >= 11 is 6.08. The van der Waals surface area contributed by atoms with E-state index in [0.29, 0.717) is 34.5 Å². The van der Waals surface area contributed by atoms with Crippen LogP contribution in [0.5, 0.6) is 17.2 Å². The second-order valence-corrected chi connectivity index (χ2v) is 6.63. The fraction of sp³-hybridized carbons (Fsp3) is 0.350. The van der Waals surface area contributed by atoms with Crippen LogP contribution >= 0.6 is 11.6 Å². The SMILES string of the molecule is COc1ccc(NC(=O)C[NH+](C)CCc2ccc(OC)c(OC)c2)cc1Cl. The number of carbonyl (C=O) groups excluding carboxylic acids is 1. The fourth-order valence-electron chi connectivity index (χ4n) is 2.71. The van der Waals surface area contributed by atoms with Gasteiger partial charge in [0.25, 0.3) is 5.91 Å². The van der Waals surface area contributed by atoms with Crippen molar-refractivity contribution in [3.8, 4) is 17.2 Å². The van der Waals surface area contributed by atoms with Crippen molar-refractivity contribution in [1.29, 1.82) is 0 Å². The van der Waals surface area contributed by atoms with E-state index >= 15 is 0 Å². The van der Waals surface area contributed by atoms with Crippen LogP contribution in [0.1, 0.15) is 5.56 Å². The average molecular weight is 394 g/mol. The molecule has 146 valence electrons. The highest BCUT2D eigenvalue weighted by molar-refractivity contribution is 6.32. The van der Waals surface area contributed by atoms with E-state index in [0.717, 1.165) is 23.4 Å². The molecule has 0 saturated heterocycles. The zero-order valence-corrected chi connectivity index (χ0v) is 16.9. The molecule has 2 aromatic rings. The van der Waals surface area contributed by atoms with Gasteiger partial charge in [-0.1, -0.05) is 17.7 Å². The van der Waals surface area contributed by atoms with Crippen LogP contribution in [0.25, 0.3) is 0 Å². The maximum Gasteiger partial charge on any atom is 0.279 e. The molecule has 2 aromatic carbocycles.